The van der Waals surface area contributed by atoms with Crippen molar-refractivity contribution in [3.63, 3.8) is 0 Å². The second kappa shape index (κ2) is 6.96. The molecule has 0 aliphatic carbocycles. The first-order valence-electron chi connectivity index (χ1n) is 7.42. The average molecular weight is 311 g/mol. The molecule has 1 heterocycles. The summed E-state index contributed by atoms with van der Waals surface area (Å²) in [6.45, 7) is 0.212. The summed E-state index contributed by atoms with van der Waals surface area (Å²) in [6, 6.07) is 18.6. The molecule has 0 bridgehead atoms. The van der Waals surface area contributed by atoms with Gasteiger partial charge in [-0.25, -0.2) is 4.79 Å². The number of rotatable bonds is 3. The van der Waals surface area contributed by atoms with E-state index in [-0.39, 0.29) is 25.8 Å². The molecule has 1 atom stereocenters. The van der Waals surface area contributed by atoms with Crippen molar-refractivity contribution in [1.29, 1.82) is 0 Å². The second-order valence-corrected chi connectivity index (χ2v) is 5.28. The molecule has 0 spiro atoms. The van der Waals surface area contributed by atoms with E-state index in [2.05, 4.69) is 0 Å². The molecule has 0 N–H and O–H groups in total. The first-order valence-corrected chi connectivity index (χ1v) is 7.42. The predicted octanol–water partition coefficient (Wildman–Crippen LogP) is 2.92. The van der Waals surface area contributed by atoms with Crippen LogP contribution in [-0.4, -0.2) is 30.1 Å². The summed E-state index contributed by atoms with van der Waals surface area (Å²) in [6.07, 6.45) is -0.514. The third kappa shape index (κ3) is 3.69. The fourth-order valence-electron chi connectivity index (χ4n) is 2.50. The normalized spacial score (nSPS) is 17.5. The largest absolute Gasteiger partial charge is 0.462 e. The van der Waals surface area contributed by atoms with Gasteiger partial charge < -0.3 is 9.47 Å². The van der Waals surface area contributed by atoms with E-state index in [0.717, 1.165) is 11.1 Å². The van der Waals surface area contributed by atoms with Crippen molar-refractivity contribution in [3.05, 3.63) is 71.8 Å². The molecule has 0 aromatic heterocycles. The van der Waals surface area contributed by atoms with Crippen molar-refractivity contribution >= 4 is 12.1 Å². The monoisotopic (exact) mass is 311 g/mol. The summed E-state index contributed by atoms with van der Waals surface area (Å²) in [5.41, 5.74) is 1.81. The summed E-state index contributed by atoms with van der Waals surface area (Å²) >= 11 is 0. The minimum absolute atomic E-state index is 0.104. The minimum Gasteiger partial charge on any atom is -0.462 e. The zero-order chi connectivity index (χ0) is 16.1. The summed E-state index contributed by atoms with van der Waals surface area (Å²) < 4.78 is 10.4. The number of cyclic esters (lactones) is 1. The Morgan fingerprint density at radius 2 is 1.74 bits per heavy atom. The quantitative estimate of drug-likeness (QED) is 0.818. The standard InChI is InChI=1S/C18H17NO4/c20-17-11-19(16(13-22-17)15-9-5-2-6-10-15)18(21)23-12-14-7-3-1-4-8-14/h1-10,16H,11-13H2/t16-/m0/s1. The fraction of sp³-hybridized carbons (Fsp3) is 0.222. The van der Waals surface area contributed by atoms with Gasteiger partial charge in [0.1, 0.15) is 19.8 Å². The molecule has 5 heteroatoms. The third-order valence-electron chi connectivity index (χ3n) is 3.70. The van der Waals surface area contributed by atoms with E-state index in [9.17, 15) is 9.59 Å². The predicted molar refractivity (Wildman–Crippen MR) is 83.5 cm³/mol. The number of esters is 1. The lowest BCUT2D eigenvalue weighted by Crippen LogP contribution is -2.46. The van der Waals surface area contributed by atoms with E-state index < -0.39 is 12.1 Å². The maximum absolute atomic E-state index is 12.4. The Morgan fingerprint density at radius 1 is 1.09 bits per heavy atom. The van der Waals surface area contributed by atoms with Gasteiger partial charge in [0, 0.05) is 0 Å². The number of amides is 1. The summed E-state index contributed by atoms with van der Waals surface area (Å²) in [7, 11) is 0. The number of hydrogen-bond donors (Lipinski definition) is 0. The molecule has 0 unspecified atom stereocenters. The highest BCUT2D eigenvalue weighted by atomic mass is 16.6. The lowest BCUT2D eigenvalue weighted by atomic mass is 10.1. The summed E-state index contributed by atoms with van der Waals surface area (Å²) in [5.74, 6) is -0.422. The zero-order valence-corrected chi connectivity index (χ0v) is 12.6. The Bertz CT molecular complexity index is 672. The molecule has 23 heavy (non-hydrogen) atoms. The van der Waals surface area contributed by atoms with Crippen LogP contribution in [0, 0.1) is 0 Å². The molecule has 118 valence electrons. The number of carbonyl (C=O) groups is 2. The van der Waals surface area contributed by atoms with Crippen LogP contribution >= 0.6 is 0 Å². The molecule has 0 saturated carbocycles. The molecular formula is C18H17NO4. The van der Waals surface area contributed by atoms with Crippen molar-refractivity contribution in [3.8, 4) is 0 Å². The van der Waals surface area contributed by atoms with Gasteiger partial charge >= 0.3 is 12.1 Å². The second-order valence-electron chi connectivity index (χ2n) is 5.28. The van der Waals surface area contributed by atoms with Crippen LogP contribution in [-0.2, 0) is 20.9 Å². The Balaban J connectivity index is 1.71. The van der Waals surface area contributed by atoms with Crippen LogP contribution in [0.1, 0.15) is 17.2 Å². The molecule has 1 aliphatic rings. The number of hydrogen-bond acceptors (Lipinski definition) is 4. The molecule has 2 aromatic rings. The van der Waals surface area contributed by atoms with Crippen molar-refractivity contribution in [1.82, 2.24) is 4.90 Å². The molecule has 1 saturated heterocycles. The van der Waals surface area contributed by atoms with E-state index >= 15 is 0 Å². The number of morpholine rings is 1. The van der Waals surface area contributed by atoms with E-state index in [1.807, 2.05) is 60.7 Å². The average Bonchev–Trinajstić information content (AvgIpc) is 2.61. The van der Waals surface area contributed by atoms with Crippen molar-refractivity contribution in [2.24, 2.45) is 0 Å². The van der Waals surface area contributed by atoms with Crippen LogP contribution < -0.4 is 0 Å². The summed E-state index contributed by atoms with van der Waals surface area (Å²) in [5, 5.41) is 0. The molecule has 0 radical (unpaired) electrons. The third-order valence-corrected chi connectivity index (χ3v) is 3.70. The van der Waals surface area contributed by atoms with Gasteiger partial charge in [-0.1, -0.05) is 60.7 Å². The van der Waals surface area contributed by atoms with Crippen molar-refractivity contribution < 1.29 is 19.1 Å². The highest BCUT2D eigenvalue weighted by Crippen LogP contribution is 2.25. The van der Waals surface area contributed by atoms with E-state index in [4.69, 9.17) is 9.47 Å². The van der Waals surface area contributed by atoms with Gasteiger partial charge in [-0.15, -0.1) is 0 Å². The lowest BCUT2D eigenvalue weighted by Gasteiger charge is -2.34. The van der Waals surface area contributed by atoms with Gasteiger partial charge in [-0.2, -0.15) is 0 Å². The molecule has 1 fully saturated rings. The first-order chi connectivity index (χ1) is 11.2. The number of carbonyl (C=O) groups excluding carboxylic acids is 2. The Morgan fingerprint density at radius 3 is 2.43 bits per heavy atom. The smallest absolute Gasteiger partial charge is 0.411 e. The van der Waals surface area contributed by atoms with E-state index in [1.165, 1.54) is 4.90 Å². The maximum Gasteiger partial charge on any atom is 0.411 e. The van der Waals surface area contributed by atoms with Crippen LogP contribution in [0.3, 0.4) is 0 Å². The highest BCUT2D eigenvalue weighted by Gasteiger charge is 2.33. The summed E-state index contributed by atoms with van der Waals surface area (Å²) in [4.78, 5) is 25.4. The van der Waals surface area contributed by atoms with Gasteiger partial charge in [0.15, 0.2) is 0 Å². The fourth-order valence-corrected chi connectivity index (χ4v) is 2.50. The molecular weight excluding hydrogens is 294 g/mol. The van der Waals surface area contributed by atoms with Crippen LogP contribution in [0.25, 0.3) is 0 Å². The number of ether oxygens (including phenoxy) is 2. The highest BCUT2D eigenvalue weighted by molar-refractivity contribution is 5.79. The lowest BCUT2D eigenvalue weighted by molar-refractivity contribution is -0.153. The van der Waals surface area contributed by atoms with E-state index in [0.29, 0.717) is 0 Å². The molecule has 1 aliphatic heterocycles. The van der Waals surface area contributed by atoms with Crippen molar-refractivity contribution in [2.45, 2.75) is 12.6 Å². The maximum atomic E-state index is 12.4. The Kier molecular flexibility index (Phi) is 4.57. The van der Waals surface area contributed by atoms with Gasteiger partial charge in [0.05, 0.1) is 6.04 Å². The SMILES string of the molecule is O=C1CN(C(=O)OCc2ccccc2)[C@H](c2ccccc2)CO1. The molecule has 2 aromatic carbocycles. The van der Waals surface area contributed by atoms with Gasteiger partial charge in [-0.3, -0.25) is 9.69 Å². The Labute approximate surface area is 134 Å². The number of nitrogens with zero attached hydrogens (tertiary/aromatic N) is 1. The van der Waals surface area contributed by atoms with Gasteiger partial charge in [0.25, 0.3) is 0 Å². The molecule has 1 amide bonds. The minimum atomic E-state index is -0.514. The number of benzene rings is 2. The molecule has 5 nitrogen and oxygen atoms in total. The van der Waals surface area contributed by atoms with Gasteiger partial charge in [0.2, 0.25) is 0 Å². The Hall–Kier alpha value is -2.82. The molecule has 3 rings (SSSR count). The van der Waals surface area contributed by atoms with Crippen LogP contribution in [0.2, 0.25) is 0 Å². The van der Waals surface area contributed by atoms with Crippen LogP contribution in [0.15, 0.2) is 60.7 Å². The van der Waals surface area contributed by atoms with Crippen LogP contribution in [0.5, 0.6) is 0 Å². The van der Waals surface area contributed by atoms with E-state index in [1.54, 1.807) is 0 Å². The first kappa shape index (κ1) is 15.1. The van der Waals surface area contributed by atoms with Crippen LogP contribution in [0.4, 0.5) is 4.79 Å². The van der Waals surface area contributed by atoms with Crippen molar-refractivity contribution in [2.75, 3.05) is 13.2 Å². The zero-order valence-electron chi connectivity index (χ0n) is 12.6. The van der Waals surface area contributed by atoms with Gasteiger partial charge in [-0.05, 0) is 11.1 Å². The topological polar surface area (TPSA) is 55.8 Å².